The summed E-state index contributed by atoms with van der Waals surface area (Å²) in [6, 6.07) is 8.18. The van der Waals surface area contributed by atoms with Gasteiger partial charge in [-0.15, -0.1) is 0 Å². The molecule has 3 heterocycles. The van der Waals surface area contributed by atoms with Crippen molar-refractivity contribution in [3.63, 3.8) is 0 Å². The quantitative estimate of drug-likeness (QED) is 0.746. The Kier molecular flexibility index (Phi) is 4.98. The van der Waals surface area contributed by atoms with Crippen molar-refractivity contribution in [1.82, 2.24) is 24.4 Å². The largest absolute Gasteiger partial charge is 0.368 e. The second-order valence-corrected chi connectivity index (χ2v) is 7.19. The van der Waals surface area contributed by atoms with E-state index >= 15 is 0 Å². The van der Waals surface area contributed by atoms with Crippen LogP contribution in [0.1, 0.15) is 12.6 Å². The van der Waals surface area contributed by atoms with Crippen molar-refractivity contribution in [3.8, 4) is 0 Å². The zero-order valence-electron chi connectivity index (χ0n) is 15.4. The first-order valence-corrected chi connectivity index (χ1v) is 9.67. The van der Waals surface area contributed by atoms with Crippen LogP contribution in [-0.2, 0) is 0 Å². The number of aryl methyl sites for hydroxylation is 1. The molecule has 0 spiro atoms. The summed E-state index contributed by atoms with van der Waals surface area (Å²) < 4.78 is 1.84. The van der Waals surface area contributed by atoms with E-state index in [1.165, 1.54) is 0 Å². The lowest BCUT2D eigenvalue weighted by molar-refractivity contribution is 0.141. The Morgan fingerprint density at radius 2 is 1.85 bits per heavy atom. The van der Waals surface area contributed by atoms with E-state index in [9.17, 15) is 0 Å². The molecule has 0 atom stereocenters. The van der Waals surface area contributed by atoms with Crippen LogP contribution in [0.15, 0.2) is 24.3 Å². The molecule has 1 aromatic carbocycles. The van der Waals surface area contributed by atoms with Gasteiger partial charge in [0.1, 0.15) is 10.8 Å². The topological polar surface area (TPSA) is 48.7 Å². The predicted molar refractivity (Wildman–Crippen MR) is 107 cm³/mol. The number of hydrogen-bond acceptors (Lipinski definition) is 5. The van der Waals surface area contributed by atoms with Crippen molar-refractivity contribution in [2.75, 3.05) is 51.1 Å². The summed E-state index contributed by atoms with van der Waals surface area (Å²) in [5.41, 5.74) is 2.53. The van der Waals surface area contributed by atoms with Gasteiger partial charge in [-0.25, -0.2) is 9.50 Å². The summed E-state index contributed by atoms with van der Waals surface area (Å²) in [6.07, 6.45) is 0. The number of halogens is 1. The molecule has 0 aliphatic carbocycles. The maximum atomic E-state index is 6.41. The Morgan fingerprint density at radius 1 is 1.12 bits per heavy atom. The molecule has 4 rings (SSSR count). The monoisotopic (exact) mass is 372 g/mol. The van der Waals surface area contributed by atoms with Crippen LogP contribution in [-0.4, -0.2) is 70.2 Å². The van der Waals surface area contributed by atoms with Crippen LogP contribution < -0.4 is 5.32 Å². The average Bonchev–Trinajstić information content (AvgIpc) is 2.97. The van der Waals surface area contributed by atoms with Gasteiger partial charge in [0, 0.05) is 44.7 Å². The third-order valence-corrected chi connectivity index (χ3v) is 5.64. The molecule has 138 valence electrons. The van der Waals surface area contributed by atoms with Crippen LogP contribution in [0.3, 0.4) is 0 Å². The van der Waals surface area contributed by atoms with E-state index in [0.29, 0.717) is 10.7 Å². The van der Waals surface area contributed by atoms with Crippen LogP contribution in [0.5, 0.6) is 0 Å². The van der Waals surface area contributed by atoms with Crippen LogP contribution in [0, 0.1) is 6.92 Å². The molecule has 6 nitrogen and oxygen atoms in total. The van der Waals surface area contributed by atoms with Gasteiger partial charge in [-0.05, 0) is 25.6 Å². The number of anilines is 1. The number of nitrogens with zero attached hydrogens (tertiary/aromatic N) is 5. The fourth-order valence-electron chi connectivity index (χ4n) is 3.58. The van der Waals surface area contributed by atoms with Crippen LogP contribution in [0.25, 0.3) is 16.6 Å². The zero-order chi connectivity index (χ0) is 18.1. The Labute approximate surface area is 158 Å². The number of benzene rings is 1. The first kappa shape index (κ1) is 17.5. The number of fused-ring (bicyclic) bond motifs is 3. The minimum Gasteiger partial charge on any atom is -0.368 e. The molecule has 1 N–H and O–H groups in total. The summed E-state index contributed by atoms with van der Waals surface area (Å²) in [5, 5.41) is 9.74. The molecule has 0 amide bonds. The molecular weight excluding hydrogens is 348 g/mol. The van der Waals surface area contributed by atoms with E-state index < -0.39 is 0 Å². The third-order valence-electron chi connectivity index (χ3n) is 5.20. The summed E-state index contributed by atoms with van der Waals surface area (Å²) in [5.74, 6) is 0.877. The SMILES string of the molecule is CCN1CCN(CCNc2nc3c(Cl)c(C)nn3c3ccccc23)CC1. The summed E-state index contributed by atoms with van der Waals surface area (Å²) in [4.78, 5) is 9.77. The van der Waals surface area contributed by atoms with Crippen molar-refractivity contribution < 1.29 is 0 Å². The number of nitrogens with one attached hydrogen (secondary N) is 1. The Morgan fingerprint density at radius 3 is 2.62 bits per heavy atom. The van der Waals surface area contributed by atoms with E-state index in [-0.39, 0.29) is 0 Å². The highest BCUT2D eigenvalue weighted by Crippen LogP contribution is 2.28. The number of para-hydroxylation sites is 1. The molecule has 0 bridgehead atoms. The van der Waals surface area contributed by atoms with Crippen molar-refractivity contribution in [2.45, 2.75) is 13.8 Å². The summed E-state index contributed by atoms with van der Waals surface area (Å²) >= 11 is 6.41. The van der Waals surface area contributed by atoms with Crippen LogP contribution in [0.4, 0.5) is 5.82 Å². The molecule has 7 heteroatoms. The second-order valence-electron chi connectivity index (χ2n) is 6.82. The predicted octanol–water partition coefficient (Wildman–Crippen LogP) is 2.89. The first-order chi connectivity index (χ1) is 12.7. The Hall–Kier alpha value is -1.89. The van der Waals surface area contributed by atoms with Crippen molar-refractivity contribution in [3.05, 3.63) is 35.0 Å². The molecule has 1 saturated heterocycles. The minimum absolute atomic E-state index is 0.620. The van der Waals surface area contributed by atoms with Gasteiger partial charge in [0.15, 0.2) is 5.65 Å². The normalized spacial score (nSPS) is 16.6. The molecule has 1 fully saturated rings. The molecular formula is C19H25ClN6. The van der Waals surface area contributed by atoms with Gasteiger partial charge in [-0.1, -0.05) is 30.7 Å². The molecule has 1 aliphatic heterocycles. The van der Waals surface area contributed by atoms with Crippen LogP contribution >= 0.6 is 11.6 Å². The Bertz CT molecular complexity index is 913. The fourth-order valence-corrected chi connectivity index (χ4v) is 3.74. The van der Waals surface area contributed by atoms with Gasteiger partial charge in [0.05, 0.1) is 11.2 Å². The summed E-state index contributed by atoms with van der Waals surface area (Å²) in [7, 11) is 0. The van der Waals surface area contributed by atoms with Crippen molar-refractivity contribution in [2.24, 2.45) is 0 Å². The van der Waals surface area contributed by atoms with E-state index in [0.717, 1.165) is 68.2 Å². The van der Waals surface area contributed by atoms with Gasteiger partial charge < -0.3 is 10.2 Å². The number of likely N-dealkylation sites (N-methyl/N-ethyl adjacent to an activating group) is 1. The van der Waals surface area contributed by atoms with Crippen LogP contribution in [0.2, 0.25) is 5.02 Å². The highest BCUT2D eigenvalue weighted by atomic mass is 35.5. The highest BCUT2D eigenvalue weighted by Gasteiger charge is 2.16. The van der Waals surface area contributed by atoms with E-state index in [1.54, 1.807) is 0 Å². The number of rotatable bonds is 5. The van der Waals surface area contributed by atoms with Crippen molar-refractivity contribution in [1.29, 1.82) is 0 Å². The molecule has 3 aromatic rings. The van der Waals surface area contributed by atoms with Gasteiger partial charge >= 0.3 is 0 Å². The van der Waals surface area contributed by atoms with Crippen molar-refractivity contribution >= 4 is 34.0 Å². The maximum Gasteiger partial charge on any atom is 0.176 e. The minimum atomic E-state index is 0.620. The van der Waals surface area contributed by atoms with Gasteiger partial charge in [0.25, 0.3) is 0 Å². The lowest BCUT2D eigenvalue weighted by Gasteiger charge is -2.34. The Balaban J connectivity index is 1.53. The summed E-state index contributed by atoms with van der Waals surface area (Å²) in [6.45, 7) is 11.8. The van der Waals surface area contributed by atoms with E-state index in [1.807, 2.05) is 23.6 Å². The molecule has 0 unspecified atom stereocenters. The van der Waals surface area contributed by atoms with Gasteiger partial charge in [-0.2, -0.15) is 5.10 Å². The molecule has 0 saturated carbocycles. The highest BCUT2D eigenvalue weighted by molar-refractivity contribution is 6.34. The molecule has 1 aliphatic rings. The number of hydrogen-bond donors (Lipinski definition) is 1. The smallest absolute Gasteiger partial charge is 0.176 e. The molecule has 26 heavy (non-hydrogen) atoms. The molecule has 2 aromatic heterocycles. The fraction of sp³-hybridized carbons (Fsp3) is 0.474. The maximum absolute atomic E-state index is 6.41. The zero-order valence-corrected chi connectivity index (χ0v) is 16.1. The second kappa shape index (κ2) is 7.39. The lowest BCUT2D eigenvalue weighted by atomic mass is 10.2. The first-order valence-electron chi connectivity index (χ1n) is 9.29. The number of aromatic nitrogens is 3. The molecule has 0 radical (unpaired) electrons. The average molecular weight is 373 g/mol. The number of piperazine rings is 1. The lowest BCUT2D eigenvalue weighted by Crippen LogP contribution is -2.47. The van der Waals surface area contributed by atoms with E-state index in [2.05, 4.69) is 39.3 Å². The van der Waals surface area contributed by atoms with Gasteiger partial charge in [0.2, 0.25) is 0 Å². The van der Waals surface area contributed by atoms with Gasteiger partial charge in [-0.3, -0.25) is 4.90 Å². The standard InChI is InChI=1S/C19H25ClN6/c1-3-24-10-12-25(13-11-24)9-8-21-18-15-6-4-5-7-16(15)26-19(22-18)17(20)14(2)23-26/h4-7H,3,8-13H2,1-2H3,(H,21,22). The third kappa shape index (κ3) is 3.24. The van der Waals surface area contributed by atoms with E-state index in [4.69, 9.17) is 16.6 Å².